The van der Waals surface area contributed by atoms with Gasteiger partial charge in [-0.05, 0) is 44.1 Å². The van der Waals surface area contributed by atoms with Gasteiger partial charge in [-0.15, -0.1) is 0 Å². The number of aliphatic hydroxyl groups excluding tert-OH is 1. The lowest BCUT2D eigenvalue weighted by atomic mass is 10.1. The molecule has 3 nitrogen and oxygen atoms in total. The second-order valence-electron chi connectivity index (χ2n) is 6.19. The van der Waals surface area contributed by atoms with Crippen molar-refractivity contribution in [2.24, 2.45) is 0 Å². The van der Waals surface area contributed by atoms with Gasteiger partial charge in [0.15, 0.2) is 0 Å². The van der Waals surface area contributed by atoms with Gasteiger partial charge < -0.3 is 9.84 Å². The number of hydrogen-bond donors (Lipinski definition) is 2. The molecule has 2 rings (SSSR count). The van der Waals surface area contributed by atoms with Crippen molar-refractivity contribution < 1.29 is 9.84 Å². The molecule has 0 aliphatic rings. The average Bonchev–Trinajstić information content (AvgIpc) is 2.55. The first-order valence-corrected chi connectivity index (χ1v) is 8.75. The van der Waals surface area contributed by atoms with Gasteiger partial charge in [-0.25, -0.2) is 0 Å². The zero-order valence-electron chi connectivity index (χ0n) is 14.3. The number of nitrogens with one attached hydrogen (secondary N) is 1. The zero-order chi connectivity index (χ0) is 16.5. The van der Waals surface area contributed by atoms with E-state index in [0.29, 0.717) is 12.6 Å². The van der Waals surface area contributed by atoms with Gasteiger partial charge >= 0.3 is 0 Å². The van der Waals surface area contributed by atoms with Crippen LogP contribution < -0.4 is 10.1 Å². The number of hydrogen-bond acceptors (Lipinski definition) is 3. The van der Waals surface area contributed by atoms with E-state index in [-0.39, 0.29) is 0 Å². The van der Waals surface area contributed by atoms with E-state index in [4.69, 9.17) is 4.74 Å². The summed E-state index contributed by atoms with van der Waals surface area (Å²) in [6.07, 6.45) is 4.50. The van der Waals surface area contributed by atoms with Crippen LogP contribution in [-0.2, 0) is 0 Å². The molecule has 3 heteroatoms. The molecule has 126 valence electrons. The van der Waals surface area contributed by atoms with Crippen molar-refractivity contribution in [3.05, 3.63) is 42.5 Å². The van der Waals surface area contributed by atoms with Crippen LogP contribution in [0.3, 0.4) is 0 Å². The Labute approximate surface area is 139 Å². The number of rotatable bonds is 10. The molecule has 0 aliphatic heterocycles. The predicted octanol–water partition coefficient (Wildman–Crippen LogP) is 4.49. The normalized spacial score (nSPS) is 13.9. The Morgan fingerprint density at radius 3 is 2.65 bits per heavy atom. The van der Waals surface area contributed by atoms with E-state index in [1.54, 1.807) is 0 Å². The van der Waals surface area contributed by atoms with E-state index >= 15 is 0 Å². The smallest absolute Gasteiger partial charge is 0.127 e. The number of aliphatic hydroxyl groups is 1. The van der Waals surface area contributed by atoms with Crippen molar-refractivity contribution >= 4 is 10.8 Å². The Morgan fingerprint density at radius 2 is 1.83 bits per heavy atom. The van der Waals surface area contributed by atoms with Gasteiger partial charge in [-0.1, -0.05) is 49.7 Å². The van der Waals surface area contributed by atoms with Crippen LogP contribution in [0.2, 0.25) is 0 Å². The highest BCUT2D eigenvalue weighted by Gasteiger charge is 2.07. The Balaban J connectivity index is 1.69. The van der Waals surface area contributed by atoms with E-state index in [2.05, 4.69) is 37.4 Å². The lowest BCUT2D eigenvalue weighted by molar-refractivity contribution is 0.109. The lowest BCUT2D eigenvalue weighted by Gasteiger charge is -2.18. The van der Waals surface area contributed by atoms with E-state index in [1.807, 2.05) is 24.3 Å². The van der Waals surface area contributed by atoms with Gasteiger partial charge in [0.1, 0.15) is 12.0 Å². The fraction of sp³-hybridized carbons (Fsp3) is 0.500. The molecule has 2 unspecified atom stereocenters. The highest BCUT2D eigenvalue weighted by Crippen LogP contribution is 2.25. The Morgan fingerprint density at radius 1 is 1.04 bits per heavy atom. The summed E-state index contributed by atoms with van der Waals surface area (Å²) >= 11 is 0. The summed E-state index contributed by atoms with van der Waals surface area (Å²) in [4.78, 5) is 0. The minimum absolute atomic E-state index is 0.377. The van der Waals surface area contributed by atoms with Crippen LogP contribution >= 0.6 is 0 Å². The van der Waals surface area contributed by atoms with Gasteiger partial charge in [0, 0.05) is 11.4 Å². The molecule has 0 aliphatic carbocycles. The molecule has 0 spiro atoms. The third-order valence-electron chi connectivity index (χ3n) is 4.08. The van der Waals surface area contributed by atoms with Gasteiger partial charge in [0.05, 0.1) is 6.61 Å². The van der Waals surface area contributed by atoms with Crippen molar-refractivity contribution in [3.63, 3.8) is 0 Å². The summed E-state index contributed by atoms with van der Waals surface area (Å²) in [7, 11) is 0. The minimum Gasteiger partial charge on any atom is -0.493 e. The molecule has 0 fully saturated rings. The molecule has 0 radical (unpaired) electrons. The first-order valence-electron chi connectivity index (χ1n) is 8.75. The largest absolute Gasteiger partial charge is 0.493 e. The van der Waals surface area contributed by atoms with Gasteiger partial charge in [0.25, 0.3) is 0 Å². The van der Waals surface area contributed by atoms with E-state index in [9.17, 15) is 5.11 Å². The first-order chi connectivity index (χ1) is 11.2. The second kappa shape index (κ2) is 9.53. The van der Waals surface area contributed by atoms with Gasteiger partial charge in [-0.2, -0.15) is 0 Å². The molecule has 0 saturated heterocycles. The van der Waals surface area contributed by atoms with Crippen LogP contribution in [0.15, 0.2) is 42.5 Å². The standard InChI is InChI=1S/C20H29NO2/c1-3-9-16(2)21-20(22)14-6-7-15-23-19-13-8-11-17-10-4-5-12-18(17)19/h4-5,8,10-13,16,20-22H,3,6-7,9,14-15H2,1-2H3. The molecular formula is C20H29NO2. The molecule has 0 amide bonds. The molecular weight excluding hydrogens is 286 g/mol. The lowest BCUT2D eigenvalue weighted by Crippen LogP contribution is -2.36. The Kier molecular flexibility index (Phi) is 7.37. The molecule has 0 bridgehead atoms. The van der Waals surface area contributed by atoms with Crippen molar-refractivity contribution in [2.45, 2.75) is 58.2 Å². The summed E-state index contributed by atoms with van der Waals surface area (Å²) in [6.45, 7) is 4.97. The maximum absolute atomic E-state index is 9.95. The van der Waals surface area contributed by atoms with Crippen molar-refractivity contribution in [2.75, 3.05) is 6.61 Å². The molecule has 2 atom stereocenters. The number of benzene rings is 2. The maximum atomic E-state index is 9.95. The Bertz CT molecular complexity index is 579. The topological polar surface area (TPSA) is 41.5 Å². The summed E-state index contributed by atoms with van der Waals surface area (Å²) in [6, 6.07) is 14.8. The van der Waals surface area contributed by atoms with Gasteiger partial charge in [0.2, 0.25) is 0 Å². The summed E-state index contributed by atoms with van der Waals surface area (Å²) in [5, 5.41) is 15.5. The highest BCUT2D eigenvalue weighted by molar-refractivity contribution is 5.88. The molecule has 23 heavy (non-hydrogen) atoms. The summed E-state index contributed by atoms with van der Waals surface area (Å²) in [5.41, 5.74) is 0. The zero-order valence-corrected chi connectivity index (χ0v) is 14.3. The summed E-state index contributed by atoms with van der Waals surface area (Å²) in [5.74, 6) is 0.943. The van der Waals surface area contributed by atoms with E-state index < -0.39 is 6.23 Å². The summed E-state index contributed by atoms with van der Waals surface area (Å²) < 4.78 is 5.92. The van der Waals surface area contributed by atoms with Crippen molar-refractivity contribution in [1.29, 1.82) is 0 Å². The molecule has 2 aromatic rings. The average molecular weight is 315 g/mol. The third kappa shape index (κ3) is 5.85. The van der Waals surface area contributed by atoms with Crippen LogP contribution in [0.5, 0.6) is 5.75 Å². The fourth-order valence-electron chi connectivity index (χ4n) is 2.87. The Hall–Kier alpha value is -1.58. The van der Waals surface area contributed by atoms with Gasteiger partial charge in [-0.3, -0.25) is 5.32 Å². The van der Waals surface area contributed by atoms with Crippen LogP contribution in [0, 0.1) is 0 Å². The SMILES string of the molecule is CCCC(C)NC(O)CCCCOc1cccc2ccccc12. The van der Waals surface area contributed by atoms with Crippen LogP contribution in [-0.4, -0.2) is 24.0 Å². The minimum atomic E-state index is -0.408. The molecule has 0 saturated carbocycles. The molecule has 0 heterocycles. The predicted molar refractivity (Wildman–Crippen MR) is 96.8 cm³/mol. The molecule has 2 N–H and O–H groups in total. The van der Waals surface area contributed by atoms with E-state index in [0.717, 1.165) is 43.2 Å². The van der Waals surface area contributed by atoms with Crippen molar-refractivity contribution in [3.8, 4) is 5.75 Å². The monoisotopic (exact) mass is 315 g/mol. The number of fused-ring (bicyclic) bond motifs is 1. The number of ether oxygens (including phenoxy) is 1. The number of unbranched alkanes of at least 4 members (excludes halogenated alkanes) is 1. The molecule has 2 aromatic carbocycles. The van der Waals surface area contributed by atoms with Crippen molar-refractivity contribution in [1.82, 2.24) is 5.32 Å². The first kappa shape index (κ1) is 17.8. The quantitative estimate of drug-likeness (QED) is 0.501. The second-order valence-corrected chi connectivity index (χ2v) is 6.19. The van der Waals surface area contributed by atoms with Crippen LogP contribution in [0.4, 0.5) is 0 Å². The fourth-order valence-corrected chi connectivity index (χ4v) is 2.87. The third-order valence-corrected chi connectivity index (χ3v) is 4.08. The van der Waals surface area contributed by atoms with E-state index in [1.165, 1.54) is 5.39 Å². The maximum Gasteiger partial charge on any atom is 0.127 e. The molecule has 0 aromatic heterocycles. The van der Waals surface area contributed by atoms with Crippen LogP contribution in [0.25, 0.3) is 10.8 Å². The highest BCUT2D eigenvalue weighted by atomic mass is 16.5. The van der Waals surface area contributed by atoms with Crippen LogP contribution in [0.1, 0.15) is 46.0 Å².